The fraction of sp³-hybridized carbons (Fsp3) is 0.500. The van der Waals surface area contributed by atoms with Gasteiger partial charge in [-0.25, -0.2) is 0 Å². The summed E-state index contributed by atoms with van der Waals surface area (Å²) in [5.41, 5.74) is 1.18. The fourth-order valence-corrected chi connectivity index (χ4v) is 3.15. The van der Waals surface area contributed by atoms with Crippen molar-refractivity contribution in [3.63, 3.8) is 0 Å². The molecule has 1 aliphatic rings. The maximum absolute atomic E-state index is 12.0. The van der Waals surface area contributed by atoms with Crippen LogP contribution in [0.3, 0.4) is 0 Å². The predicted octanol–water partition coefficient (Wildman–Crippen LogP) is 2.55. The molecule has 0 radical (unpaired) electrons. The second kappa shape index (κ2) is 6.14. The second-order valence-electron chi connectivity index (χ2n) is 4.41. The van der Waals surface area contributed by atoms with E-state index < -0.39 is 0 Å². The minimum Gasteiger partial charge on any atom is -0.497 e. The Bertz CT molecular complexity index is 405. The van der Waals surface area contributed by atoms with Crippen LogP contribution in [0.1, 0.15) is 18.9 Å². The number of methoxy groups -OCH3 is 1. The van der Waals surface area contributed by atoms with Gasteiger partial charge in [0.15, 0.2) is 0 Å². The summed E-state index contributed by atoms with van der Waals surface area (Å²) in [4.78, 5) is 14.0. The molecule has 1 aromatic rings. The Morgan fingerprint density at radius 1 is 1.44 bits per heavy atom. The van der Waals surface area contributed by atoms with Gasteiger partial charge in [-0.05, 0) is 31.0 Å². The second-order valence-corrected chi connectivity index (χ2v) is 5.83. The summed E-state index contributed by atoms with van der Waals surface area (Å²) in [6.45, 7) is 3.00. The molecule has 0 N–H and O–H groups in total. The molecule has 3 nitrogen and oxygen atoms in total. The first-order valence-corrected chi connectivity index (χ1v) is 7.29. The molecular weight excluding hydrogens is 246 g/mol. The number of carbonyl (C=O) groups excluding carboxylic acids is 1. The molecular formula is C14H19NO2S. The zero-order chi connectivity index (χ0) is 13.0. The van der Waals surface area contributed by atoms with E-state index in [1.165, 1.54) is 5.56 Å². The lowest BCUT2D eigenvalue weighted by molar-refractivity contribution is -0.130. The van der Waals surface area contributed by atoms with Gasteiger partial charge >= 0.3 is 0 Å². The highest BCUT2D eigenvalue weighted by Gasteiger charge is 2.24. The molecule has 18 heavy (non-hydrogen) atoms. The van der Waals surface area contributed by atoms with Crippen molar-refractivity contribution in [3.8, 4) is 5.75 Å². The van der Waals surface area contributed by atoms with Crippen LogP contribution in [0.15, 0.2) is 24.3 Å². The Balaban J connectivity index is 1.85. The standard InChI is InChI=1S/C14H19NO2S/c1-11-15(9-10-18-11)14(16)8-5-12-3-6-13(17-2)7-4-12/h3-4,6-7,11H,5,8-10H2,1-2H3. The van der Waals surface area contributed by atoms with Crippen LogP contribution < -0.4 is 4.74 Å². The summed E-state index contributed by atoms with van der Waals surface area (Å²) in [6, 6.07) is 7.92. The van der Waals surface area contributed by atoms with E-state index in [1.54, 1.807) is 7.11 Å². The van der Waals surface area contributed by atoms with Gasteiger partial charge in [0.2, 0.25) is 5.91 Å². The Hall–Kier alpha value is -1.16. The van der Waals surface area contributed by atoms with Gasteiger partial charge in [-0.1, -0.05) is 12.1 Å². The summed E-state index contributed by atoms with van der Waals surface area (Å²) < 4.78 is 5.11. The number of carbonyl (C=O) groups is 1. The van der Waals surface area contributed by atoms with Gasteiger partial charge < -0.3 is 9.64 Å². The molecule has 1 amide bonds. The zero-order valence-corrected chi connectivity index (χ0v) is 11.7. The monoisotopic (exact) mass is 265 g/mol. The number of aryl methyl sites for hydroxylation is 1. The predicted molar refractivity (Wildman–Crippen MR) is 74.9 cm³/mol. The van der Waals surface area contributed by atoms with Crippen LogP contribution in [0, 0.1) is 0 Å². The lowest BCUT2D eigenvalue weighted by atomic mass is 10.1. The molecule has 0 saturated carbocycles. The molecule has 2 rings (SSSR count). The number of thioether (sulfide) groups is 1. The first-order chi connectivity index (χ1) is 8.70. The number of rotatable bonds is 4. The van der Waals surface area contributed by atoms with Crippen LogP contribution in [-0.4, -0.2) is 35.6 Å². The third-order valence-corrected chi connectivity index (χ3v) is 4.39. The van der Waals surface area contributed by atoms with Crippen LogP contribution in [-0.2, 0) is 11.2 Å². The number of amides is 1. The normalized spacial score (nSPS) is 19.0. The van der Waals surface area contributed by atoms with Crippen LogP contribution in [0.5, 0.6) is 5.75 Å². The van der Waals surface area contributed by atoms with Gasteiger partial charge in [-0.2, -0.15) is 0 Å². The molecule has 0 aromatic heterocycles. The van der Waals surface area contributed by atoms with Gasteiger partial charge in [0, 0.05) is 18.7 Å². The van der Waals surface area contributed by atoms with E-state index in [1.807, 2.05) is 40.9 Å². The van der Waals surface area contributed by atoms with Crippen molar-refractivity contribution >= 4 is 17.7 Å². The highest BCUT2D eigenvalue weighted by Crippen LogP contribution is 2.23. The molecule has 1 saturated heterocycles. The molecule has 0 spiro atoms. The van der Waals surface area contributed by atoms with Gasteiger partial charge in [-0.3, -0.25) is 4.79 Å². The summed E-state index contributed by atoms with van der Waals surface area (Å²) >= 11 is 1.85. The summed E-state index contributed by atoms with van der Waals surface area (Å²) in [6.07, 6.45) is 1.40. The minimum atomic E-state index is 0.267. The summed E-state index contributed by atoms with van der Waals surface area (Å²) in [5.74, 6) is 2.19. The van der Waals surface area contributed by atoms with E-state index in [0.29, 0.717) is 11.8 Å². The highest BCUT2D eigenvalue weighted by molar-refractivity contribution is 8.00. The first-order valence-electron chi connectivity index (χ1n) is 6.24. The van der Waals surface area contributed by atoms with E-state index in [4.69, 9.17) is 4.74 Å². The van der Waals surface area contributed by atoms with Crippen molar-refractivity contribution in [1.29, 1.82) is 0 Å². The van der Waals surface area contributed by atoms with Gasteiger partial charge in [0.1, 0.15) is 5.75 Å². The molecule has 0 aliphatic carbocycles. The van der Waals surface area contributed by atoms with Crippen LogP contribution in [0.2, 0.25) is 0 Å². The smallest absolute Gasteiger partial charge is 0.223 e. The largest absolute Gasteiger partial charge is 0.497 e. The molecule has 1 fully saturated rings. The van der Waals surface area contributed by atoms with Gasteiger partial charge in [0.05, 0.1) is 12.5 Å². The first kappa shape index (κ1) is 13.3. The molecule has 4 heteroatoms. The van der Waals surface area contributed by atoms with E-state index in [9.17, 15) is 4.79 Å². The van der Waals surface area contributed by atoms with Crippen molar-refractivity contribution in [2.45, 2.75) is 25.1 Å². The van der Waals surface area contributed by atoms with Crippen molar-refractivity contribution < 1.29 is 9.53 Å². The van der Waals surface area contributed by atoms with E-state index in [2.05, 4.69) is 6.92 Å². The van der Waals surface area contributed by atoms with Gasteiger partial charge in [-0.15, -0.1) is 11.8 Å². The molecule has 1 heterocycles. The zero-order valence-electron chi connectivity index (χ0n) is 10.9. The minimum absolute atomic E-state index is 0.267. The van der Waals surface area contributed by atoms with E-state index in [0.717, 1.165) is 24.5 Å². The van der Waals surface area contributed by atoms with Crippen LogP contribution >= 0.6 is 11.8 Å². The summed E-state index contributed by atoms with van der Waals surface area (Å²) in [5, 5.41) is 0.341. The summed E-state index contributed by atoms with van der Waals surface area (Å²) in [7, 11) is 1.66. The molecule has 1 aliphatic heterocycles. The number of hydrogen-bond donors (Lipinski definition) is 0. The van der Waals surface area contributed by atoms with Crippen LogP contribution in [0.25, 0.3) is 0 Å². The maximum Gasteiger partial charge on any atom is 0.223 e. The molecule has 98 valence electrons. The number of nitrogens with zero attached hydrogens (tertiary/aromatic N) is 1. The number of hydrogen-bond acceptors (Lipinski definition) is 3. The van der Waals surface area contributed by atoms with Crippen molar-refractivity contribution in [3.05, 3.63) is 29.8 Å². The van der Waals surface area contributed by atoms with Crippen molar-refractivity contribution in [2.75, 3.05) is 19.4 Å². The average molecular weight is 265 g/mol. The average Bonchev–Trinajstić information content (AvgIpc) is 2.83. The molecule has 1 unspecified atom stereocenters. The van der Waals surface area contributed by atoms with Gasteiger partial charge in [0.25, 0.3) is 0 Å². The Kier molecular flexibility index (Phi) is 4.53. The Labute approximate surface area is 113 Å². The lowest BCUT2D eigenvalue weighted by Crippen LogP contribution is -2.33. The maximum atomic E-state index is 12.0. The van der Waals surface area contributed by atoms with Crippen LogP contribution in [0.4, 0.5) is 0 Å². The quantitative estimate of drug-likeness (QED) is 0.838. The Morgan fingerprint density at radius 3 is 2.72 bits per heavy atom. The lowest BCUT2D eigenvalue weighted by Gasteiger charge is -2.20. The van der Waals surface area contributed by atoms with E-state index in [-0.39, 0.29) is 5.91 Å². The number of ether oxygens (including phenoxy) is 1. The van der Waals surface area contributed by atoms with E-state index >= 15 is 0 Å². The van der Waals surface area contributed by atoms with Crippen molar-refractivity contribution in [2.24, 2.45) is 0 Å². The molecule has 1 aromatic carbocycles. The highest BCUT2D eigenvalue weighted by atomic mass is 32.2. The Morgan fingerprint density at radius 2 is 2.17 bits per heavy atom. The molecule has 0 bridgehead atoms. The molecule has 1 atom stereocenters. The third kappa shape index (κ3) is 3.19. The SMILES string of the molecule is COc1ccc(CCC(=O)N2CCSC2C)cc1. The third-order valence-electron chi connectivity index (χ3n) is 3.24. The topological polar surface area (TPSA) is 29.5 Å². The fourth-order valence-electron chi connectivity index (χ4n) is 2.11. The number of benzene rings is 1. The van der Waals surface area contributed by atoms with Crippen molar-refractivity contribution in [1.82, 2.24) is 4.90 Å².